The van der Waals surface area contributed by atoms with Gasteiger partial charge in [-0.05, 0) is 13.0 Å². The van der Waals surface area contributed by atoms with Gasteiger partial charge in [-0.15, -0.1) is 0 Å². The van der Waals surface area contributed by atoms with Crippen molar-refractivity contribution in [1.29, 1.82) is 0 Å². The van der Waals surface area contributed by atoms with Crippen molar-refractivity contribution in [3.05, 3.63) is 12.2 Å². The van der Waals surface area contributed by atoms with Gasteiger partial charge in [-0.25, -0.2) is 4.79 Å². The molecule has 0 aliphatic carbocycles. The van der Waals surface area contributed by atoms with Crippen molar-refractivity contribution in [2.75, 3.05) is 5.33 Å². The molecular formula is C6H7BrO2. The van der Waals surface area contributed by atoms with Gasteiger partial charge in [-0.3, -0.25) is 0 Å². The summed E-state index contributed by atoms with van der Waals surface area (Å²) in [6.45, 7) is 1.85. The molecule has 50 valence electrons. The van der Waals surface area contributed by atoms with E-state index in [0.29, 0.717) is 5.33 Å². The summed E-state index contributed by atoms with van der Waals surface area (Å²) in [4.78, 5) is 10.5. The zero-order valence-corrected chi connectivity index (χ0v) is 6.64. The van der Waals surface area contributed by atoms with E-state index in [4.69, 9.17) is 4.74 Å². The maximum atomic E-state index is 10.5. The standard InChI is InChI=1S/C6H7BrO2/c1-6(4-7)3-2-5(8)9-6/h2-3H,4H2,1H3. The number of ether oxygens (including phenoxy) is 1. The van der Waals surface area contributed by atoms with Crippen LogP contribution in [0.3, 0.4) is 0 Å². The molecule has 0 saturated heterocycles. The van der Waals surface area contributed by atoms with Gasteiger partial charge in [0.25, 0.3) is 0 Å². The van der Waals surface area contributed by atoms with Crippen LogP contribution in [-0.4, -0.2) is 16.9 Å². The Morgan fingerprint density at radius 1 is 1.89 bits per heavy atom. The van der Waals surface area contributed by atoms with E-state index in [9.17, 15) is 4.79 Å². The molecule has 1 heterocycles. The second-order valence-electron chi connectivity index (χ2n) is 2.20. The molecular weight excluding hydrogens is 184 g/mol. The number of hydrogen-bond acceptors (Lipinski definition) is 2. The first-order chi connectivity index (χ1) is 4.16. The fourth-order valence-corrected chi connectivity index (χ4v) is 0.915. The monoisotopic (exact) mass is 190 g/mol. The molecule has 0 aromatic carbocycles. The summed E-state index contributed by atoms with van der Waals surface area (Å²) in [7, 11) is 0. The van der Waals surface area contributed by atoms with E-state index in [1.54, 1.807) is 6.08 Å². The van der Waals surface area contributed by atoms with Gasteiger partial charge in [-0.2, -0.15) is 0 Å². The average Bonchev–Trinajstić information content (AvgIpc) is 2.13. The van der Waals surface area contributed by atoms with Gasteiger partial charge in [0, 0.05) is 11.4 Å². The number of hydrogen-bond donors (Lipinski definition) is 0. The Bertz CT molecular complexity index is 164. The van der Waals surface area contributed by atoms with Crippen molar-refractivity contribution in [1.82, 2.24) is 0 Å². The molecule has 1 aliphatic rings. The molecule has 0 N–H and O–H groups in total. The highest BCUT2D eigenvalue weighted by molar-refractivity contribution is 9.09. The van der Waals surface area contributed by atoms with Gasteiger partial charge >= 0.3 is 5.97 Å². The topological polar surface area (TPSA) is 26.3 Å². The first-order valence-corrected chi connectivity index (χ1v) is 3.77. The van der Waals surface area contributed by atoms with Crippen molar-refractivity contribution >= 4 is 21.9 Å². The summed E-state index contributed by atoms with van der Waals surface area (Å²) in [5, 5.41) is 0.655. The maximum Gasteiger partial charge on any atom is 0.331 e. The summed E-state index contributed by atoms with van der Waals surface area (Å²) >= 11 is 3.23. The molecule has 2 nitrogen and oxygen atoms in total. The molecule has 1 aliphatic heterocycles. The highest BCUT2D eigenvalue weighted by Gasteiger charge is 2.28. The lowest BCUT2D eigenvalue weighted by Gasteiger charge is -2.16. The molecule has 1 atom stereocenters. The molecule has 0 spiro atoms. The molecule has 1 rings (SSSR count). The second kappa shape index (κ2) is 2.14. The minimum atomic E-state index is -0.406. The van der Waals surface area contributed by atoms with Crippen LogP contribution in [0.25, 0.3) is 0 Å². The molecule has 0 amide bonds. The fraction of sp³-hybridized carbons (Fsp3) is 0.500. The Kier molecular flexibility index (Phi) is 1.62. The van der Waals surface area contributed by atoms with Gasteiger partial charge in [0.05, 0.1) is 0 Å². The molecule has 0 fully saturated rings. The zero-order valence-electron chi connectivity index (χ0n) is 5.06. The number of carbonyl (C=O) groups is 1. The number of esters is 1. The third kappa shape index (κ3) is 1.33. The van der Waals surface area contributed by atoms with E-state index in [0.717, 1.165) is 0 Å². The van der Waals surface area contributed by atoms with E-state index >= 15 is 0 Å². The quantitative estimate of drug-likeness (QED) is 0.460. The number of alkyl halides is 1. The van der Waals surface area contributed by atoms with Crippen LogP contribution in [0.4, 0.5) is 0 Å². The minimum absolute atomic E-state index is 0.253. The SMILES string of the molecule is CC1(CBr)C=CC(=O)O1. The number of cyclic esters (lactones) is 1. The van der Waals surface area contributed by atoms with Gasteiger partial charge in [0.2, 0.25) is 0 Å². The normalized spacial score (nSPS) is 32.9. The minimum Gasteiger partial charge on any atom is -0.451 e. The first-order valence-electron chi connectivity index (χ1n) is 2.64. The van der Waals surface area contributed by atoms with E-state index < -0.39 is 5.60 Å². The van der Waals surface area contributed by atoms with Crippen LogP contribution in [0, 0.1) is 0 Å². The maximum absolute atomic E-state index is 10.5. The highest BCUT2D eigenvalue weighted by Crippen LogP contribution is 2.20. The van der Waals surface area contributed by atoms with Gasteiger partial charge in [0.1, 0.15) is 5.60 Å². The van der Waals surface area contributed by atoms with E-state index in [1.165, 1.54) is 6.08 Å². The summed E-state index contributed by atoms with van der Waals surface area (Å²) in [6.07, 6.45) is 3.20. The summed E-state index contributed by atoms with van der Waals surface area (Å²) < 4.78 is 4.90. The van der Waals surface area contributed by atoms with Crippen molar-refractivity contribution in [2.24, 2.45) is 0 Å². The van der Waals surface area contributed by atoms with Crippen LogP contribution in [0.1, 0.15) is 6.92 Å². The lowest BCUT2D eigenvalue weighted by Crippen LogP contribution is -2.25. The van der Waals surface area contributed by atoms with Crippen molar-refractivity contribution in [2.45, 2.75) is 12.5 Å². The van der Waals surface area contributed by atoms with Crippen molar-refractivity contribution in [3.63, 3.8) is 0 Å². The van der Waals surface area contributed by atoms with Gasteiger partial charge < -0.3 is 4.74 Å². The van der Waals surface area contributed by atoms with E-state index in [2.05, 4.69) is 15.9 Å². The fourth-order valence-electron chi connectivity index (χ4n) is 0.614. The van der Waals surface area contributed by atoms with Crippen LogP contribution < -0.4 is 0 Å². The van der Waals surface area contributed by atoms with Gasteiger partial charge in [-0.1, -0.05) is 15.9 Å². The third-order valence-corrected chi connectivity index (χ3v) is 2.28. The predicted molar refractivity (Wildman–Crippen MR) is 37.4 cm³/mol. The second-order valence-corrected chi connectivity index (χ2v) is 2.76. The molecule has 0 saturated carbocycles. The van der Waals surface area contributed by atoms with Crippen molar-refractivity contribution < 1.29 is 9.53 Å². The predicted octanol–water partition coefficient (Wildman–Crippen LogP) is 1.25. The smallest absolute Gasteiger partial charge is 0.331 e. The molecule has 0 bridgehead atoms. The Morgan fingerprint density at radius 2 is 2.56 bits per heavy atom. The molecule has 1 unspecified atom stereocenters. The largest absolute Gasteiger partial charge is 0.451 e. The number of rotatable bonds is 1. The number of halogens is 1. The zero-order chi connectivity index (χ0) is 6.91. The van der Waals surface area contributed by atoms with Crippen LogP contribution in [-0.2, 0) is 9.53 Å². The summed E-state index contributed by atoms with van der Waals surface area (Å²) in [6, 6.07) is 0. The molecule has 0 aromatic heterocycles. The highest BCUT2D eigenvalue weighted by atomic mass is 79.9. The molecule has 3 heteroatoms. The Morgan fingerprint density at radius 3 is 2.78 bits per heavy atom. The van der Waals surface area contributed by atoms with Crippen LogP contribution in [0.15, 0.2) is 12.2 Å². The van der Waals surface area contributed by atoms with Crippen LogP contribution in [0.2, 0.25) is 0 Å². The Hall–Kier alpha value is -0.310. The molecule has 9 heavy (non-hydrogen) atoms. The lowest BCUT2D eigenvalue weighted by atomic mass is 10.1. The van der Waals surface area contributed by atoms with Crippen LogP contribution >= 0.6 is 15.9 Å². The average molecular weight is 191 g/mol. The van der Waals surface area contributed by atoms with Crippen molar-refractivity contribution in [3.8, 4) is 0 Å². The summed E-state index contributed by atoms with van der Waals surface area (Å²) in [5.74, 6) is -0.253. The lowest BCUT2D eigenvalue weighted by molar-refractivity contribution is -0.142. The van der Waals surface area contributed by atoms with E-state index in [1.807, 2.05) is 6.92 Å². The molecule has 0 radical (unpaired) electrons. The Labute approximate surface area is 62.0 Å². The third-order valence-electron chi connectivity index (χ3n) is 1.17. The Balaban J connectivity index is 2.68. The van der Waals surface area contributed by atoms with Crippen LogP contribution in [0.5, 0.6) is 0 Å². The first kappa shape index (κ1) is 6.81. The summed E-state index contributed by atoms with van der Waals surface area (Å²) in [5.41, 5.74) is -0.406. The van der Waals surface area contributed by atoms with Gasteiger partial charge in [0.15, 0.2) is 0 Å². The molecule has 0 aromatic rings. The van der Waals surface area contributed by atoms with E-state index in [-0.39, 0.29) is 5.97 Å². The number of carbonyl (C=O) groups excluding carboxylic acids is 1.